The number of carbonyl (C=O) groups excluding carboxylic acids is 1. The summed E-state index contributed by atoms with van der Waals surface area (Å²) in [5.41, 5.74) is 0.916. The first kappa shape index (κ1) is 19.7. The highest BCUT2D eigenvalue weighted by atomic mass is 32.2. The molecule has 1 aromatic rings. The van der Waals surface area contributed by atoms with E-state index in [9.17, 15) is 18.3 Å². The molecule has 0 radical (unpaired) electrons. The van der Waals surface area contributed by atoms with E-state index < -0.39 is 10.1 Å². The van der Waals surface area contributed by atoms with Gasteiger partial charge in [0.05, 0.1) is 17.9 Å². The Bertz CT molecular complexity index is 725. The lowest BCUT2D eigenvalue weighted by Crippen LogP contribution is -2.31. The van der Waals surface area contributed by atoms with Crippen LogP contribution in [0.15, 0.2) is 12.1 Å². The van der Waals surface area contributed by atoms with Gasteiger partial charge >= 0.3 is 0 Å². The van der Waals surface area contributed by atoms with Crippen LogP contribution in [0.25, 0.3) is 0 Å². The van der Waals surface area contributed by atoms with Gasteiger partial charge in [0.2, 0.25) is 0 Å². The maximum Gasteiger partial charge on any atom is 0.264 e. The maximum atomic E-state index is 11.6. The van der Waals surface area contributed by atoms with Crippen molar-refractivity contribution >= 4 is 15.9 Å². The normalized spacial score (nSPS) is 21.1. The Kier molecular flexibility index (Phi) is 6.46. The fraction of sp³-hybridized carbons (Fsp3) is 0.611. The topological polar surface area (TPSA) is 89.9 Å². The van der Waals surface area contributed by atoms with Crippen LogP contribution in [-0.2, 0) is 20.7 Å². The summed E-state index contributed by atoms with van der Waals surface area (Å²) in [6.07, 6.45) is 4.66. The minimum Gasteiger partial charge on any atom is -0.507 e. The Hall–Kier alpha value is -1.60. The molecular weight excluding hydrogens is 344 g/mol. The molecule has 0 heterocycles. The first-order chi connectivity index (χ1) is 11.7. The standard InChI is InChI=1S/C18H26O6S/c1-4-6-16-17(10-9-15(12(2)19)18(16)20)23-13-7-5-8-14(11-13)24-25(3,21)22/h9-10,13-14,20H,4-8,11H2,1-3H3. The minimum absolute atomic E-state index is 0.0217. The molecule has 0 bridgehead atoms. The molecule has 0 aliphatic heterocycles. The van der Waals surface area contributed by atoms with Gasteiger partial charge in [0.15, 0.2) is 5.78 Å². The highest BCUT2D eigenvalue weighted by Gasteiger charge is 2.28. The number of ether oxygens (including phenoxy) is 1. The molecule has 0 aromatic heterocycles. The van der Waals surface area contributed by atoms with Gasteiger partial charge < -0.3 is 9.84 Å². The third-order valence-corrected chi connectivity index (χ3v) is 4.92. The van der Waals surface area contributed by atoms with Crippen LogP contribution in [0.3, 0.4) is 0 Å². The molecule has 0 amide bonds. The number of aromatic hydroxyl groups is 1. The summed E-state index contributed by atoms with van der Waals surface area (Å²) in [5.74, 6) is 0.335. The largest absolute Gasteiger partial charge is 0.507 e. The summed E-state index contributed by atoms with van der Waals surface area (Å²) in [5, 5.41) is 10.4. The average molecular weight is 370 g/mol. The number of hydrogen-bond acceptors (Lipinski definition) is 6. The fourth-order valence-corrected chi connectivity index (χ4v) is 3.90. The van der Waals surface area contributed by atoms with Gasteiger partial charge in [0, 0.05) is 12.0 Å². The highest BCUT2D eigenvalue weighted by Crippen LogP contribution is 2.35. The van der Waals surface area contributed by atoms with Gasteiger partial charge in [-0.1, -0.05) is 13.3 Å². The Labute approximate surface area is 149 Å². The predicted molar refractivity (Wildman–Crippen MR) is 94.7 cm³/mol. The number of phenols is 1. The Morgan fingerprint density at radius 1 is 1.28 bits per heavy atom. The van der Waals surface area contributed by atoms with E-state index in [1.807, 2.05) is 6.92 Å². The third-order valence-electron chi connectivity index (χ3n) is 4.30. The second-order valence-corrected chi connectivity index (χ2v) is 8.17. The van der Waals surface area contributed by atoms with Crippen LogP contribution in [0.1, 0.15) is 61.9 Å². The summed E-state index contributed by atoms with van der Waals surface area (Å²) in [6.45, 7) is 3.40. The number of ketones is 1. The van der Waals surface area contributed by atoms with E-state index in [0.717, 1.165) is 25.5 Å². The van der Waals surface area contributed by atoms with Crippen LogP contribution >= 0.6 is 0 Å². The molecule has 140 valence electrons. The van der Waals surface area contributed by atoms with Crippen LogP contribution in [0.5, 0.6) is 11.5 Å². The third kappa shape index (κ3) is 5.44. The van der Waals surface area contributed by atoms with E-state index >= 15 is 0 Å². The molecule has 1 aliphatic rings. The van der Waals surface area contributed by atoms with Crippen molar-refractivity contribution in [2.75, 3.05) is 6.26 Å². The van der Waals surface area contributed by atoms with E-state index in [1.165, 1.54) is 6.92 Å². The summed E-state index contributed by atoms with van der Waals surface area (Å²) in [4.78, 5) is 11.6. The van der Waals surface area contributed by atoms with Gasteiger partial charge in [0.1, 0.15) is 17.6 Å². The van der Waals surface area contributed by atoms with Crippen molar-refractivity contribution in [1.29, 1.82) is 0 Å². The number of rotatable bonds is 7. The lowest BCUT2D eigenvalue weighted by Gasteiger charge is -2.29. The SMILES string of the molecule is CCCc1c(OC2CCCC(OS(C)(=O)=O)C2)ccc(C(C)=O)c1O. The van der Waals surface area contributed by atoms with Crippen LogP contribution in [-0.4, -0.2) is 37.8 Å². The molecule has 1 fully saturated rings. The van der Waals surface area contributed by atoms with E-state index in [4.69, 9.17) is 8.92 Å². The van der Waals surface area contributed by atoms with Gasteiger partial charge in [-0.2, -0.15) is 8.42 Å². The zero-order chi connectivity index (χ0) is 18.6. The second kappa shape index (κ2) is 8.19. The molecule has 0 saturated heterocycles. The Morgan fingerprint density at radius 2 is 1.96 bits per heavy atom. The van der Waals surface area contributed by atoms with E-state index in [0.29, 0.717) is 30.6 Å². The van der Waals surface area contributed by atoms with E-state index in [-0.39, 0.29) is 29.3 Å². The quantitative estimate of drug-likeness (QED) is 0.585. The Morgan fingerprint density at radius 3 is 2.56 bits per heavy atom. The molecule has 2 rings (SSSR count). The molecule has 1 N–H and O–H groups in total. The summed E-state index contributed by atoms with van der Waals surface area (Å²) in [6, 6.07) is 3.28. The molecule has 2 atom stereocenters. The molecule has 1 saturated carbocycles. The molecule has 7 heteroatoms. The molecule has 1 aromatic carbocycles. The smallest absolute Gasteiger partial charge is 0.264 e. The number of Topliss-reactive ketones (excluding diaryl/α,β-unsaturated/α-hetero) is 1. The zero-order valence-electron chi connectivity index (χ0n) is 14.9. The minimum atomic E-state index is -3.49. The highest BCUT2D eigenvalue weighted by molar-refractivity contribution is 7.86. The molecule has 1 aliphatic carbocycles. The summed E-state index contributed by atoms with van der Waals surface area (Å²) < 4.78 is 33.8. The first-order valence-electron chi connectivity index (χ1n) is 8.62. The van der Waals surface area contributed by atoms with Crippen molar-refractivity contribution in [1.82, 2.24) is 0 Å². The summed E-state index contributed by atoms with van der Waals surface area (Å²) in [7, 11) is -3.49. The van der Waals surface area contributed by atoms with Crippen molar-refractivity contribution in [2.45, 2.75) is 64.6 Å². The zero-order valence-corrected chi connectivity index (χ0v) is 15.8. The van der Waals surface area contributed by atoms with Crippen LogP contribution in [0.2, 0.25) is 0 Å². The molecule has 0 spiro atoms. The average Bonchev–Trinajstić information content (AvgIpc) is 2.49. The van der Waals surface area contributed by atoms with Crippen molar-refractivity contribution in [2.24, 2.45) is 0 Å². The molecular formula is C18H26O6S. The van der Waals surface area contributed by atoms with Crippen LogP contribution in [0.4, 0.5) is 0 Å². The van der Waals surface area contributed by atoms with Gasteiger partial charge in [-0.05, 0) is 44.7 Å². The van der Waals surface area contributed by atoms with Crippen molar-refractivity contribution in [3.63, 3.8) is 0 Å². The Balaban J connectivity index is 2.18. The number of benzene rings is 1. The predicted octanol–water partition coefficient (Wildman–Crippen LogP) is 3.21. The van der Waals surface area contributed by atoms with Gasteiger partial charge in [-0.3, -0.25) is 8.98 Å². The second-order valence-electron chi connectivity index (χ2n) is 6.57. The van der Waals surface area contributed by atoms with E-state index in [1.54, 1.807) is 12.1 Å². The first-order valence-corrected chi connectivity index (χ1v) is 10.4. The fourth-order valence-electron chi connectivity index (χ4n) is 3.23. The van der Waals surface area contributed by atoms with Crippen LogP contribution < -0.4 is 4.74 Å². The number of carbonyl (C=O) groups is 1. The van der Waals surface area contributed by atoms with Gasteiger partial charge in [0.25, 0.3) is 10.1 Å². The molecule has 25 heavy (non-hydrogen) atoms. The molecule has 2 unspecified atom stereocenters. The summed E-state index contributed by atoms with van der Waals surface area (Å²) >= 11 is 0. The van der Waals surface area contributed by atoms with Crippen molar-refractivity contribution < 1.29 is 27.2 Å². The maximum absolute atomic E-state index is 11.6. The van der Waals surface area contributed by atoms with Crippen molar-refractivity contribution in [3.05, 3.63) is 23.3 Å². The van der Waals surface area contributed by atoms with E-state index in [2.05, 4.69) is 0 Å². The van der Waals surface area contributed by atoms with Gasteiger partial charge in [-0.15, -0.1) is 0 Å². The van der Waals surface area contributed by atoms with Crippen LogP contribution in [0, 0.1) is 0 Å². The number of phenolic OH excluding ortho intramolecular Hbond substituents is 1. The monoisotopic (exact) mass is 370 g/mol. The van der Waals surface area contributed by atoms with Gasteiger partial charge in [-0.25, -0.2) is 0 Å². The molecule has 6 nitrogen and oxygen atoms in total. The lowest BCUT2D eigenvalue weighted by atomic mass is 9.94. The van der Waals surface area contributed by atoms with Crippen molar-refractivity contribution in [3.8, 4) is 11.5 Å². The lowest BCUT2D eigenvalue weighted by molar-refractivity contribution is 0.0717. The number of hydrogen-bond donors (Lipinski definition) is 1.